The minimum Gasteiger partial charge on any atom is -0.309 e. The van der Waals surface area contributed by atoms with Crippen LogP contribution in [0.15, 0.2) is 16.9 Å². The summed E-state index contributed by atoms with van der Waals surface area (Å²) in [6.07, 6.45) is 0. The van der Waals surface area contributed by atoms with Gasteiger partial charge in [-0.05, 0) is 12.1 Å². The van der Waals surface area contributed by atoms with Gasteiger partial charge in [-0.3, -0.25) is 4.79 Å². The minimum atomic E-state index is -0.330. The van der Waals surface area contributed by atoms with Gasteiger partial charge < -0.3 is 4.98 Å². The van der Waals surface area contributed by atoms with Crippen molar-refractivity contribution in [3.8, 4) is 0 Å². The maximum atomic E-state index is 11.6. The fourth-order valence-electron chi connectivity index (χ4n) is 1.29. The summed E-state index contributed by atoms with van der Waals surface area (Å²) in [6.45, 7) is 0. The zero-order chi connectivity index (χ0) is 11.0. The van der Waals surface area contributed by atoms with Gasteiger partial charge in [0.1, 0.15) is 5.82 Å². The second-order valence-electron chi connectivity index (χ2n) is 2.90. The van der Waals surface area contributed by atoms with Crippen molar-refractivity contribution in [2.24, 2.45) is 0 Å². The number of hydrogen-bond donors (Lipinski definition) is 1. The monoisotopic (exact) mass is 262 g/mol. The molecule has 0 unspecified atom stereocenters. The molecule has 0 radical (unpaired) electrons. The Labute approximate surface area is 100.0 Å². The Morgan fingerprint density at radius 3 is 2.60 bits per heavy atom. The molecule has 0 amide bonds. The third-order valence-corrected chi connectivity index (χ3v) is 2.81. The number of nitrogens with one attached hydrogen (secondary N) is 1. The molecule has 1 aromatic heterocycles. The molecule has 2 aromatic rings. The van der Waals surface area contributed by atoms with Crippen LogP contribution in [0, 0.1) is 0 Å². The molecular formula is C9H5Cl3N2O. The second-order valence-corrected chi connectivity index (χ2v) is 3.98. The predicted molar refractivity (Wildman–Crippen MR) is 61.9 cm³/mol. The maximum absolute atomic E-state index is 11.6. The van der Waals surface area contributed by atoms with Crippen LogP contribution in [0.2, 0.25) is 10.0 Å². The van der Waals surface area contributed by atoms with Crippen LogP contribution in [-0.4, -0.2) is 9.97 Å². The number of H-pyrrole nitrogens is 1. The zero-order valence-electron chi connectivity index (χ0n) is 7.35. The molecule has 0 bridgehead atoms. The van der Waals surface area contributed by atoms with E-state index in [0.29, 0.717) is 21.4 Å². The van der Waals surface area contributed by atoms with Gasteiger partial charge in [0.15, 0.2) is 0 Å². The number of benzene rings is 1. The third kappa shape index (κ3) is 1.83. The van der Waals surface area contributed by atoms with Crippen LogP contribution in [0.1, 0.15) is 5.82 Å². The van der Waals surface area contributed by atoms with E-state index in [4.69, 9.17) is 34.8 Å². The lowest BCUT2D eigenvalue weighted by Crippen LogP contribution is -2.11. The van der Waals surface area contributed by atoms with Crippen molar-refractivity contribution >= 4 is 45.7 Å². The van der Waals surface area contributed by atoms with Gasteiger partial charge in [0, 0.05) is 0 Å². The number of fused-ring (bicyclic) bond motifs is 1. The number of nitrogens with zero attached hydrogens (tertiary/aromatic N) is 1. The average molecular weight is 264 g/mol. The molecule has 1 heterocycles. The Bertz CT molecular complexity index is 579. The molecule has 2 rings (SSSR count). The Kier molecular flexibility index (Phi) is 2.87. The first-order valence-electron chi connectivity index (χ1n) is 4.06. The quantitative estimate of drug-likeness (QED) is 0.804. The molecule has 0 fully saturated rings. The Hall–Kier alpha value is -0.770. The molecule has 0 saturated heterocycles. The SMILES string of the molecule is O=c1[nH]c(CCl)nc2c(Cl)ccc(Cl)c12. The van der Waals surface area contributed by atoms with E-state index in [1.54, 1.807) is 12.1 Å². The van der Waals surface area contributed by atoms with Gasteiger partial charge in [-0.15, -0.1) is 11.6 Å². The Morgan fingerprint density at radius 2 is 1.93 bits per heavy atom. The van der Waals surface area contributed by atoms with Crippen LogP contribution < -0.4 is 5.56 Å². The van der Waals surface area contributed by atoms with Crippen molar-refractivity contribution in [3.63, 3.8) is 0 Å². The highest BCUT2D eigenvalue weighted by Crippen LogP contribution is 2.25. The molecule has 3 nitrogen and oxygen atoms in total. The molecule has 0 aliphatic rings. The van der Waals surface area contributed by atoms with Crippen molar-refractivity contribution in [3.05, 3.63) is 38.4 Å². The highest BCUT2D eigenvalue weighted by molar-refractivity contribution is 6.39. The van der Waals surface area contributed by atoms with Crippen LogP contribution >= 0.6 is 34.8 Å². The summed E-state index contributed by atoms with van der Waals surface area (Å²) in [5, 5.41) is 0.995. The average Bonchev–Trinajstić information content (AvgIpc) is 2.23. The number of aromatic nitrogens is 2. The second kappa shape index (κ2) is 4.00. The van der Waals surface area contributed by atoms with E-state index in [1.165, 1.54) is 0 Å². The number of aromatic amines is 1. The van der Waals surface area contributed by atoms with E-state index in [2.05, 4.69) is 9.97 Å². The fourth-order valence-corrected chi connectivity index (χ4v) is 1.85. The molecule has 0 spiro atoms. The van der Waals surface area contributed by atoms with Gasteiger partial charge in [-0.1, -0.05) is 23.2 Å². The van der Waals surface area contributed by atoms with Crippen molar-refractivity contribution in [2.75, 3.05) is 0 Å². The van der Waals surface area contributed by atoms with E-state index in [-0.39, 0.29) is 16.8 Å². The molecule has 0 atom stereocenters. The standard InChI is InChI=1S/C9H5Cl3N2O/c10-3-6-13-8-5(12)2-1-4(11)7(8)9(15)14-6/h1-2H,3H2,(H,13,14,15). The summed E-state index contributed by atoms with van der Waals surface area (Å²) in [7, 11) is 0. The van der Waals surface area contributed by atoms with Crippen LogP contribution in [-0.2, 0) is 5.88 Å². The number of halogens is 3. The van der Waals surface area contributed by atoms with Crippen molar-refractivity contribution < 1.29 is 0 Å². The van der Waals surface area contributed by atoms with Crippen molar-refractivity contribution in [1.29, 1.82) is 0 Å². The third-order valence-electron chi connectivity index (χ3n) is 1.94. The first-order valence-corrected chi connectivity index (χ1v) is 5.35. The zero-order valence-corrected chi connectivity index (χ0v) is 9.62. The summed E-state index contributed by atoms with van der Waals surface area (Å²) in [5.41, 5.74) is 0.0479. The maximum Gasteiger partial charge on any atom is 0.260 e. The Balaban J connectivity index is 2.97. The molecule has 0 saturated carbocycles. The summed E-state index contributed by atoms with van der Waals surface area (Å²) in [4.78, 5) is 18.3. The molecule has 15 heavy (non-hydrogen) atoms. The molecular weight excluding hydrogens is 258 g/mol. The van der Waals surface area contributed by atoms with Crippen LogP contribution in [0.5, 0.6) is 0 Å². The number of alkyl halides is 1. The number of rotatable bonds is 1. The van der Waals surface area contributed by atoms with Gasteiger partial charge in [-0.2, -0.15) is 0 Å². The number of hydrogen-bond acceptors (Lipinski definition) is 2. The first-order chi connectivity index (χ1) is 7.13. The summed E-state index contributed by atoms with van der Waals surface area (Å²) in [5.74, 6) is 0.493. The molecule has 1 N–H and O–H groups in total. The molecule has 0 aliphatic carbocycles. The van der Waals surface area contributed by atoms with E-state index >= 15 is 0 Å². The topological polar surface area (TPSA) is 45.8 Å². The summed E-state index contributed by atoms with van der Waals surface area (Å²) < 4.78 is 0. The highest BCUT2D eigenvalue weighted by Gasteiger charge is 2.10. The predicted octanol–water partition coefficient (Wildman–Crippen LogP) is 2.97. The summed E-state index contributed by atoms with van der Waals surface area (Å²) in [6, 6.07) is 3.15. The normalized spacial score (nSPS) is 10.9. The molecule has 78 valence electrons. The van der Waals surface area contributed by atoms with Crippen molar-refractivity contribution in [1.82, 2.24) is 9.97 Å². The smallest absolute Gasteiger partial charge is 0.260 e. The van der Waals surface area contributed by atoms with E-state index in [0.717, 1.165) is 0 Å². The lowest BCUT2D eigenvalue weighted by molar-refractivity contribution is 1.04. The fraction of sp³-hybridized carbons (Fsp3) is 0.111. The van der Waals surface area contributed by atoms with Gasteiger partial charge >= 0.3 is 0 Å². The molecule has 6 heteroatoms. The molecule has 0 aliphatic heterocycles. The molecule has 1 aromatic carbocycles. The van der Waals surface area contributed by atoms with Gasteiger partial charge in [0.2, 0.25) is 0 Å². The lowest BCUT2D eigenvalue weighted by Gasteiger charge is -2.02. The van der Waals surface area contributed by atoms with Crippen LogP contribution in [0.3, 0.4) is 0 Å². The Morgan fingerprint density at radius 1 is 1.27 bits per heavy atom. The largest absolute Gasteiger partial charge is 0.309 e. The van der Waals surface area contributed by atoms with Crippen LogP contribution in [0.25, 0.3) is 10.9 Å². The minimum absolute atomic E-state index is 0.119. The lowest BCUT2D eigenvalue weighted by atomic mass is 10.2. The van der Waals surface area contributed by atoms with Gasteiger partial charge in [0.05, 0.1) is 26.8 Å². The highest BCUT2D eigenvalue weighted by atomic mass is 35.5. The van der Waals surface area contributed by atoms with Gasteiger partial charge in [-0.25, -0.2) is 4.98 Å². The van der Waals surface area contributed by atoms with Gasteiger partial charge in [0.25, 0.3) is 5.56 Å². The first kappa shape index (κ1) is 10.7. The van der Waals surface area contributed by atoms with Crippen LogP contribution in [0.4, 0.5) is 0 Å². The van der Waals surface area contributed by atoms with E-state index < -0.39 is 0 Å². The van der Waals surface area contributed by atoms with E-state index in [1.807, 2.05) is 0 Å². The summed E-state index contributed by atoms with van der Waals surface area (Å²) >= 11 is 17.4. The van der Waals surface area contributed by atoms with E-state index in [9.17, 15) is 4.79 Å². The van der Waals surface area contributed by atoms with Crippen molar-refractivity contribution in [2.45, 2.75) is 5.88 Å².